The van der Waals surface area contributed by atoms with Crippen LogP contribution in [-0.4, -0.2) is 63.1 Å². The fraction of sp³-hybridized carbons (Fsp3) is 0.412. The number of rotatable bonds is 5. The van der Waals surface area contributed by atoms with E-state index in [1.807, 2.05) is 4.90 Å². The highest BCUT2D eigenvalue weighted by Gasteiger charge is 2.29. The van der Waals surface area contributed by atoms with Crippen molar-refractivity contribution in [2.24, 2.45) is 0 Å². The smallest absolute Gasteiger partial charge is 0.243 e. The summed E-state index contributed by atoms with van der Waals surface area (Å²) in [6.07, 6.45) is 0. The first-order chi connectivity index (χ1) is 12.4. The summed E-state index contributed by atoms with van der Waals surface area (Å²) >= 11 is 0. The lowest BCUT2D eigenvalue weighted by molar-refractivity contribution is 0.380. The first-order valence-corrected chi connectivity index (χ1v) is 9.67. The number of hydrogen-bond donors (Lipinski definition) is 0. The van der Waals surface area contributed by atoms with Crippen LogP contribution < -0.4 is 14.4 Å². The minimum atomic E-state index is -3.52. The number of ether oxygens (including phenoxy) is 2. The van der Waals surface area contributed by atoms with Crippen molar-refractivity contribution in [2.45, 2.75) is 11.8 Å². The second kappa shape index (κ2) is 7.46. The van der Waals surface area contributed by atoms with Gasteiger partial charge >= 0.3 is 0 Å². The molecule has 1 aromatic heterocycles. The Kier molecular flexibility index (Phi) is 5.28. The van der Waals surface area contributed by atoms with E-state index < -0.39 is 10.0 Å². The summed E-state index contributed by atoms with van der Waals surface area (Å²) in [7, 11) is -0.411. The van der Waals surface area contributed by atoms with Gasteiger partial charge < -0.3 is 14.4 Å². The van der Waals surface area contributed by atoms with Crippen molar-refractivity contribution in [3.05, 3.63) is 36.2 Å². The standard InChI is InChI=1S/C17H22N4O4S/c1-13-18-16(12-17(19-13)25-3)20-8-10-21(11-9-20)26(22,23)15-6-4-14(24-2)5-7-15/h4-7,12H,8-11H2,1-3H3. The molecule has 0 spiro atoms. The molecule has 0 N–H and O–H groups in total. The molecule has 0 amide bonds. The van der Waals surface area contributed by atoms with Gasteiger partial charge in [0.05, 0.1) is 19.1 Å². The van der Waals surface area contributed by atoms with Crippen LogP contribution in [0.3, 0.4) is 0 Å². The van der Waals surface area contributed by atoms with E-state index in [2.05, 4.69) is 9.97 Å². The van der Waals surface area contributed by atoms with Crippen LogP contribution in [0, 0.1) is 6.92 Å². The highest BCUT2D eigenvalue weighted by atomic mass is 32.2. The Bertz CT molecular complexity index is 863. The number of methoxy groups -OCH3 is 2. The first kappa shape index (κ1) is 18.4. The maximum Gasteiger partial charge on any atom is 0.243 e. The van der Waals surface area contributed by atoms with Crippen LogP contribution in [0.5, 0.6) is 11.6 Å². The third kappa shape index (κ3) is 3.73. The number of anilines is 1. The third-order valence-corrected chi connectivity index (χ3v) is 6.18. The molecule has 26 heavy (non-hydrogen) atoms. The van der Waals surface area contributed by atoms with Crippen molar-refractivity contribution < 1.29 is 17.9 Å². The summed E-state index contributed by atoms with van der Waals surface area (Å²) in [6, 6.07) is 8.21. The molecule has 1 aliphatic rings. The molecule has 1 saturated heterocycles. The van der Waals surface area contributed by atoms with Gasteiger partial charge in [-0.3, -0.25) is 0 Å². The molecular formula is C17H22N4O4S. The van der Waals surface area contributed by atoms with Crippen molar-refractivity contribution in [3.8, 4) is 11.6 Å². The zero-order chi connectivity index (χ0) is 18.7. The largest absolute Gasteiger partial charge is 0.497 e. The lowest BCUT2D eigenvalue weighted by atomic mass is 10.3. The Hall–Kier alpha value is -2.39. The monoisotopic (exact) mass is 378 g/mol. The van der Waals surface area contributed by atoms with E-state index in [4.69, 9.17) is 9.47 Å². The Labute approximate surface area is 153 Å². The van der Waals surface area contributed by atoms with E-state index in [0.717, 1.165) is 5.82 Å². The number of hydrogen-bond acceptors (Lipinski definition) is 7. The summed E-state index contributed by atoms with van der Waals surface area (Å²) in [6.45, 7) is 3.68. The topological polar surface area (TPSA) is 84.9 Å². The number of benzene rings is 1. The van der Waals surface area contributed by atoms with E-state index in [0.29, 0.717) is 43.6 Å². The number of sulfonamides is 1. The lowest BCUT2D eigenvalue weighted by Crippen LogP contribution is -2.49. The maximum atomic E-state index is 12.8. The lowest BCUT2D eigenvalue weighted by Gasteiger charge is -2.34. The number of aromatic nitrogens is 2. The summed E-state index contributed by atoms with van der Waals surface area (Å²) < 4.78 is 37.4. The molecular weight excluding hydrogens is 356 g/mol. The third-order valence-electron chi connectivity index (χ3n) is 4.27. The highest BCUT2D eigenvalue weighted by molar-refractivity contribution is 7.89. The normalized spacial score (nSPS) is 15.7. The van der Waals surface area contributed by atoms with Gasteiger partial charge in [0.15, 0.2) is 0 Å². The maximum absolute atomic E-state index is 12.8. The molecule has 3 rings (SSSR count). The number of piperazine rings is 1. The van der Waals surface area contributed by atoms with Gasteiger partial charge in [-0.2, -0.15) is 9.29 Å². The molecule has 1 aromatic carbocycles. The van der Waals surface area contributed by atoms with Gasteiger partial charge in [0.25, 0.3) is 0 Å². The highest BCUT2D eigenvalue weighted by Crippen LogP contribution is 2.23. The Morgan fingerprint density at radius 3 is 2.19 bits per heavy atom. The molecule has 0 saturated carbocycles. The molecule has 8 nitrogen and oxygen atoms in total. The second-order valence-electron chi connectivity index (χ2n) is 5.88. The van der Waals surface area contributed by atoms with E-state index in [1.54, 1.807) is 51.5 Å². The SMILES string of the molecule is COc1ccc(S(=O)(=O)N2CCN(c3cc(OC)nc(C)n3)CC2)cc1. The van der Waals surface area contributed by atoms with E-state index in [1.165, 1.54) is 4.31 Å². The van der Waals surface area contributed by atoms with Crippen LogP contribution in [0.15, 0.2) is 35.2 Å². The summed E-state index contributed by atoms with van der Waals surface area (Å²) in [5.41, 5.74) is 0. The van der Waals surface area contributed by atoms with Crippen LogP contribution in [0.1, 0.15) is 5.82 Å². The van der Waals surface area contributed by atoms with Gasteiger partial charge in [-0.25, -0.2) is 13.4 Å². The van der Waals surface area contributed by atoms with Gasteiger partial charge in [-0.05, 0) is 31.2 Å². The van der Waals surface area contributed by atoms with Crippen molar-refractivity contribution in [1.29, 1.82) is 0 Å². The minimum absolute atomic E-state index is 0.270. The second-order valence-corrected chi connectivity index (χ2v) is 7.82. The van der Waals surface area contributed by atoms with Gasteiger partial charge in [0.2, 0.25) is 15.9 Å². The molecule has 2 heterocycles. The summed E-state index contributed by atoms with van der Waals surface area (Å²) in [4.78, 5) is 10.9. The average Bonchev–Trinajstić information content (AvgIpc) is 2.67. The van der Waals surface area contributed by atoms with Crippen molar-refractivity contribution in [1.82, 2.24) is 14.3 Å². The molecule has 0 bridgehead atoms. The summed E-state index contributed by atoms with van der Waals surface area (Å²) in [5.74, 6) is 2.49. The Morgan fingerprint density at radius 2 is 1.62 bits per heavy atom. The van der Waals surface area contributed by atoms with Gasteiger partial charge in [0.1, 0.15) is 17.4 Å². The average molecular weight is 378 g/mol. The molecule has 0 atom stereocenters. The van der Waals surface area contributed by atoms with E-state index in [-0.39, 0.29) is 4.90 Å². The van der Waals surface area contributed by atoms with Crippen molar-refractivity contribution in [3.63, 3.8) is 0 Å². The zero-order valence-corrected chi connectivity index (χ0v) is 15.9. The Balaban J connectivity index is 1.72. The fourth-order valence-corrected chi connectivity index (χ4v) is 4.27. The predicted octanol–water partition coefficient (Wildman–Crippen LogP) is 1.31. The number of aryl methyl sites for hydroxylation is 1. The van der Waals surface area contributed by atoms with Crippen LogP contribution in [0.2, 0.25) is 0 Å². The molecule has 9 heteroatoms. The molecule has 2 aromatic rings. The van der Waals surface area contributed by atoms with Crippen molar-refractivity contribution >= 4 is 15.8 Å². The van der Waals surface area contributed by atoms with Crippen LogP contribution >= 0.6 is 0 Å². The first-order valence-electron chi connectivity index (χ1n) is 8.23. The van der Waals surface area contributed by atoms with Gasteiger partial charge in [-0.15, -0.1) is 0 Å². The molecule has 0 unspecified atom stereocenters. The minimum Gasteiger partial charge on any atom is -0.497 e. The quantitative estimate of drug-likeness (QED) is 0.775. The molecule has 0 radical (unpaired) electrons. The molecule has 0 aliphatic carbocycles. The van der Waals surface area contributed by atoms with E-state index in [9.17, 15) is 8.42 Å². The predicted molar refractivity (Wildman–Crippen MR) is 97.3 cm³/mol. The molecule has 1 fully saturated rings. The fourth-order valence-electron chi connectivity index (χ4n) is 2.85. The van der Waals surface area contributed by atoms with Crippen LogP contribution in [0.25, 0.3) is 0 Å². The van der Waals surface area contributed by atoms with Gasteiger partial charge in [-0.1, -0.05) is 0 Å². The number of nitrogens with zero attached hydrogens (tertiary/aromatic N) is 4. The molecule has 1 aliphatic heterocycles. The van der Waals surface area contributed by atoms with E-state index >= 15 is 0 Å². The Morgan fingerprint density at radius 1 is 0.962 bits per heavy atom. The van der Waals surface area contributed by atoms with Crippen LogP contribution in [0.4, 0.5) is 5.82 Å². The van der Waals surface area contributed by atoms with Crippen molar-refractivity contribution in [2.75, 3.05) is 45.3 Å². The molecule has 140 valence electrons. The van der Waals surface area contributed by atoms with Crippen LogP contribution in [-0.2, 0) is 10.0 Å². The van der Waals surface area contributed by atoms with Gasteiger partial charge in [0, 0.05) is 32.2 Å². The zero-order valence-electron chi connectivity index (χ0n) is 15.0. The summed E-state index contributed by atoms with van der Waals surface area (Å²) in [5, 5.41) is 0.